The van der Waals surface area contributed by atoms with E-state index in [1.165, 1.54) is 6.21 Å². The summed E-state index contributed by atoms with van der Waals surface area (Å²) in [6.07, 6.45) is 2.73. The number of aldehydes is 1. The molecule has 1 spiro atoms. The van der Waals surface area contributed by atoms with Gasteiger partial charge in [0.05, 0.1) is 23.3 Å². The monoisotopic (exact) mass is 468 g/mol. The molecule has 4 atom stereocenters. The van der Waals surface area contributed by atoms with Gasteiger partial charge in [-0.2, -0.15) is 0 Å². The summed E-state index contributed by atoms with van der Waals surface area (Å²) in [5.74, 6) is -3.65. The van der Waals surface area contributed by atoms with Crippen LogP contribution in [0.1, 0.15) is 10.4 Å². The first kappa shape index (κ1) is 20.6. The highest BCUT2D eigenvalue weighted by molar-refractivity contribution is 6.13. The van der Waals surface area contributed by atoms with Crippen molar-refractivity contribution in [3.05, 3.63) is 63.7 Å². The van der Waals surface area contributed by atoms with E-state index in [4.69, 9.17) is 0 Å². The highest BCUT2D eigenvalue weighted by Gasteiger charge is 2.89. The van der Waals surface area contributed by atoms with Crippen LogP contribution in [-0.4, -0.2) is 52.3 Å². The van der Waals surface area contributed by atoms with Crippen molar-refractivity contribution in [1.82, 2.24) is 9.55 Å². The predicted octanol–water partition coefficient (Wildman–Crippen LogP) is 2.21. The number of aromatic nitrogens is 2. The van der Waals surface area contributed by atoms with E-state index in [2.05, 4.69) is 9.98 Å². The van der Waals surface area contributed by atoms with Gasteiger partial charge >= 0.3 is 5.97 Å². The molecule has 0 bridgehead atoms. The Morgan fingerprint density at radius 3 is 2.74 bits per heavy atom. The second kappa shape index (κ2) is 6.75. The number of benzene rings is 1. The number of rotatable bonds is 5. The number of anilines is 1. The number of carbonyl (C=O) groups is 2. The quantitative estimate of drug-likeness (QED) is 0.455. The Bertz CT molecular complexity index is 1520. The fourth-order valence-corrected chi connectivity index (χ4v) is 5.56. The molecule has 2 saturated carbocycles. The van der Waals surface area contributed by atoms with Crippen molar-refractivity contribution in [2.75, 3.05) is 18.0 Å². The summed E-state index contributed by atoms with van der Waals surface area (Å²) in [5.41, 5.74) is -2.18. The Morgan fingerprint density at radius 1 is 1.24 bits per heavy atom. The molecule has 2 aliphatic carbocycles. The number of aliphatic imine (C=N–C) groups is 1. The third-order valence-electron chi connectivity index (χ3n) is 7.22. The molecule has 3 fully saturated rings. The summed E-state index contributed by atoms with van der Waals surface area (Å²) in [6, 6.07) is 3.59. The Morgan fingerprint density at radius 2 is 2.03 bits per heavy atom. The molecule has 34 heavy (non-hydrogen) atoms. The number of hydrogen-bond donors (Lipinski definition) is 1. The van der Waals surface area contributed by atoms with Crippen molar-refractivity contribution in [3.63, 3.8) is 0 Å². The van der Waals surface area contributed by atoms with Gasteiger partial charge < -0.3 is 10.0 Å². The van der Waals surface area contributed by atoms with Gasteiger partial charge in [-0.05, 0) is 30.0 Å². The Labute approximate surface area is 189 Å². The lowest BCUT2D eigenvalue weighted by atomic mass is 10.1. The Kier molecular flexibility index (Phi) is 4.08. The zero-order chi connectivity index (χ0) is 23.9. The van der Waals surface area contributed by atoms with Crippen LogP contribution < -0.4 is 10.3 Å². The average Bonchev–Trinajstić information content (AvgIpc) is 3.58. The summed E-state index contributed by atoms with van der Waals surface area (Å²) >= 11 is 0. The molecule has 172 valence electrons. The maximum Gasteiger partial charge on any atom is 0.341 e. The topological polar surface area (TPSA) is 105 Å². The van der Waals surface area contributed by atoms with Gasteiger partial charge in [0.15, 0.2) is 23.6 Å². The molecule has 8 nitrogen and oxygen atoms in total. The highest BCUT2D eigenvalue weighted by Crippen LogP contribution is 2.83. The van der Waals surface area contributed by atoms with Gasteiger partial charge in [-0.3, -0.25) is 19.1 Å². The molecular formula is C23H15F3N4O4. The number of carbonyl (C=O) groups excluding carboxylic acids is 1. The number of aromatic carboxylic acids is 1. The number of fused-ring (bicyclic) bond motifs is 2. The van der Waals surface area contributed by atoms with Crippen LogP contribution in [0.4, 0.5) is 19.0 Å². The molecule has 11 heteroatoms. The van der Waals surface area contributed by atoms with Gasteiger partial charge in [0.1, 0.15) is 17.2 Å². The molecule has 1 aliphatic heterocycles. The summed E-state index contributed by atoms with van der Waals surface area (Å²) in [4.78, 5) is 45.1. The molecule has 3 aromatic rings. The van der Waals surface area contributed by atoms with Crippen molar-refractivity contribution in [1.29, 1.82) is 0 Å². The summed E-state index contributed by atoms with van der Waals surface area (Å²) in [6.45, 7) is 0.969. The molecular weight excluding hydrogens is 453 g/mol. The van der Waals surface area contributed by atoms with Crippen molar-refractivity contribution >= 4 is 35.3 Å². The van der Waals surface area contributed by atoms with Gasteiger partial charge in [-0.1, -0.05) is 0 Å². The van der Waals surface area contributed by atoms with E-state index in [-0.39, 0.29) is 34.0 Å². The van der Waals surface area contributed by atoms with Crippen LogP contribution in [0.3, 0.4) is 0 Å². The standard InChI is InChI=1S/C23H15F3N4O4/c24-10-1-2-16(14(25)5-10)30-7-12(22(33)34)18(32)11-6-15(26)21(28-20(11)30)29-8-13-17-19(27-3-4-31)23(13,17)9-29/h1-7,13,17,19H,8-9H2,(H,33,34). The third kappa shape index (κ3) is 2.63. The molecule has 1 N–H and O–H groups in total. The van der Waals surface area contributed by atoms with Gasteiger partial charge in [-0.15, -0.1) is 0 Å². The molecule has 1 aromatic carbocycles. The number of pyridine rings is 2. The minimum Gasteiger partial charge on any atom is -0.477 e. The number of carboxylic acids is 1. The number of halogens is 3. The van der Waals surface area contributed by atoms with Crippen LogP contribution in [0.15, 0.2) is 40.2 Å². The zero-order valence-corrected chi connectivity index (χ0v) is 17.3. The number of hydrogen-bond acceptors (Lipinski definition) is 6. The molecule has 2 aromatic heterocycles. The maximum absolute atomic E-state index is 15.1. The number of nitrogens with zero attached hydrogens (tertiary/aromatic N) is 4. The molecule has 1 saturated heterocycles. The number of piperidine rings is 1. The lowest BCUT2D eigenvalue weighted by Gasteiger charge is -2.21. The van der Waals surface area contributed by atoms with Crippen LogP contribution in [0, 0.1) is 34.7 Å². The van der Waals surface area contributed by atoms with Crippen molar-refractivity contribution in [2.24, 2.45) is 22.2 Å². The van der Waals surface area contributed by atoms with Crippen molar-refractivity contribution in [2.45, 2.75) is 6.04 Å². The first-order valence-electron chi connectivity index (χ1n) is 10.4. The largest absolute Gasteiger partial charge is 0.477 e. The molecule has 6 rings (SSSR count). The number of carboxylic acid groups (broad SMARTS) is 1. The second-order valence-corrected chi connectivity index (χ2v) is 8.81. The second-order valence-electron chi connectivity index (χ2n) is 8.81. The lowest BCUT2D eigenvalue weighted by molar-refractivity contribution is -0.102. The van der Waals surface area contributed by atoms with Crippen molar-refractivity contribution in [3.8, 4) is 5.69 Å². The fraction of sp³-hybridized carbons (Fsp3) is 0.261. The lowest BCUT2D eigenvalue weighted by Crippen LogP contribution is -2.26. The first-order valence-corrected chi connectivity index (χ1v) is 10.4. The molecule has 4 unspecified atom stereocenters. The van der Waals surface area contributed by atoms with Gasteiger partial charge in [-0.25, -0.2) is 22.9 Å². The first-order chi connectivity index (χ1) is 16.3. The van der Waals surface area contributed by atoms with Crippen LogP contribution in [0.25, 0.3) is 16.7 Å². The van der Waals surface area contributed by atoms with E-state index in [1.54, 1.807) is 4.90 Å². The summed E-state index contributed by atoms with van der Waals surface area (Å²) < 4.78 is 44.2. The van der Waals surface area contributed by atoms with E-state index in [0.29, 0.717) is 37.3 Å². The van der Waals surface area contributed by atoms with Crippen LogP contribution in [-0.2, 0) is 4.79 Å². The van der Waals surface area contributed by atoms with E-state index in [1.807, 2.05) is 0 Å². The molecule has 3 heterocycles. The molecule has 3 aliphatic rings. The third-order valence-corrected chi connectivity index (χ3v) is 7.22. The minimum absolute atomic E-state index is 0.0147. The van der Waals surface area contributed by atoms with Crippen LogP contribution >= 0.6 is 0 Å². The average molecular weight is 468 g/mol. The van der Waals surface area contributed by atoms with Gasteiger partial charge in [0.2, 0.25) is 5.43 Å². The van der Waals surface area contributed by atoms with E-state index in [0.717, 1.165) is 29.0 Å². The summed E-state index contributed by atoms with van der Waals surface area (Å²) in [7, 11) is 0. The fourth-order valence-electron chi connectivity index (χ4n) is 5.56. The highest BCUT2D eigenvalue weighted by atomic mass is 19.1. The molecule has 0 amide bonds. The normalized spacial score (nSPS) is 26.6. The predicted molar refractivity (Wildman–Crippen MR) is 114 cm³/mol. The zero-order valence-electron chi connectivity index (χ0n) is 17.3. The van der Waals surface area contributed by atoms with Crippen molar-refractivity contribution < 1.29 is 27.9 Å². The smallest absolute Gasteiger partial charge is 0.341 e. The van der Waals surface area contributed by atoms with E-state index >= 15 is 4.39 Å². The SMILES string of the molecule is O=CC=NC1C2C3CN(c4nc5c(cc4F)c(=O)c(C(=O)O)cn5-c4ccc(F)cc4F)CC312. The van der Waals surface area contributed by atoms with Gasteiger partial charge in [0, 0.05) is 30.8 Å². The maximum atomic E-state index is 15.1. The minimum atomic E-state index is -1.58. The van der Waals surface area contributed by atoms with Gasteiger partial charge in [0.25, 0.3) is 0 Å². The Hall–Kier alpha value is -4.02. The Balaban J connectivity index is 1.49. The summed E-state index contributed by atoms with van der Waals surface area (Å²) in [5, 5.41) is 9.09. The van der Waals surface area contributed by atoms with Crippen LogP contribution in [0.5, 0.6) is 0 Å². The van der Waals surface area contributed by atoms with Crippen LogP contribution in [0.2, 0.25) is 0 Å². The van der Waals surface area contributed by atoms with E-state index in [9.17, 15) is 28.3 Å². The van der Waals surface area contributed by atoms with E-state index < -0.39 is 34.4 Å². The molecule has 0 radical (unpaired) electrons.